The zero-order valence-electron chi connectivity index (χ0n) is 12.1. The third kappa shape index (κ3) is 4.56. The average Bonchev–Trinajstić information content (AvgIpc) is 2.48. The summed E-state index contributed by atoms with van der Waals surface area (Å²) in [6.45, 7) is 2.11. The lowest BCUT2D eigenvalue weighted by atomic mass is 9.86. The molecule has 1 aromatic carbocycles. The summed E-state index contributed by atoms with van der Waals surface area (Å²) in [5.41, 5.74) is 0.434. The van der Waals surface area contributed by atoms with Crippen LogP contribution in [0, 0.1) is 5.92 Å². The van der Waals surface area contributed by atoms with E-state index in [4.69, 9.17) is 4.74 Å². The summed E-state index contributed by atoms with van der Waals surface area (Å²) in [5.74, 6) is 0.814. The molecule has 2 atom stereocenters. The van der Waals surface area contributed by atoms with Gasteiger partial charge in [-0.2, -0.15) is 0 Å². The Morgan fingerprint density at radius 1 is 1.43 bits per heavy atom. The lowest BCUT2D eigenvalue weighted by Crippen LogP contribution is -2.43. The van der Waals surface area contributed by atoms with Crippen molar-refractivity contribution in [2.75, 3.05) is 6.61 Å². The van der Waals surface area contributed by atoms with Crippen LogP contribution in [0.3, 0.4) is 0 Å². The number of rotatable bonds is 5. The van der Waals surface area contributed by atoms with E-state index in [0.717, 1.165) is 30.0 Å². The highest BCUT2D eigenvalue weighted by Crippen LogP contribution is 2.24. The number of benzene rings is 1. The van der Waals surface area contributed by atoms with E-state index in [1.165, 1.54) is 6.42 Å². The smallest absolute Gasteiger partial charge is 0.258 e. The molecule has 114 valence electrons. The van der Waals surface area contributed by atoms with Gasteiger partial charge in [-0.1, -0.05) is 35.7 Å². The van der Waals surface area contributed by atoms with Crippen molar-refractivity contribution in [3.05, 3.63) is 28.2 Å². The summed E-state index contributed by atoms with van der Waals surface area (Å²) < 4.78 is 6.26. The predicted molar refractivity (Wildman–Crippen MR) is 84.6 cm³/mol. The van der Waals surface area contributed by atoms with Crippen LogP contribution in [0.4, 0.5) is 0 Å². The number of ether oxygens (including phenoxy) is 1. The summed E-state index contributed by atoms with van der Waals surface area (Å²) in [6.07, 6.45) is 5.32. The maximum Gasteiger partial charge on any atom is 0.258 e. The Hall–Kier alpha value is -1.36. The van der Waals surface area contributed by atoms with Gasteiger partial charge in [-0.3, -0.25) is 9.59 Å². The highest BCUT2D eigenvalue weighted by Gasteiger charge is 2.22. The maximum atomic E-state index is 12.0. The molecule has 4 nitrogen and oxygen atoms in total. The zero-order valence-corrected chi connectivity index (χ0v) is 13.7. The molecule has 5 heteroatoms. The number of hydrogen-bond donors (Lipinski definition) is 1. The fourth-order valence-corrected chi connectivity index (χ4v) is 3.04. The first-order chi connectivity index (χ1) is 10.1. The van der Waals surface area contributed by atoms with E-state index >= 15 is 0 Å². The monoisotopic (exact) mass is 353 g/mol. The molecule has 0 bridgehead atoms. The van der Waals surface area contributed by atoms with E-state index < -0.39 is 0 Å². The van der Waals surface area contributed by atoms with Gasteiger partial charge in [-0.25, -0.2) is 0 Å². The van der Waals surface area contributed by atoms with Crippen molar-refractivity contribution in [1.29, 1.82) is 0 Å². The van der Waals surface area contributed by atoms with Gasteiger partial charge in [0.25, 0.3) is 5.91 Å². The Morgan fingerprint density at radius 2 is 2.19 bits per heavy atom. The molecule has 1 aliphatic rings. The van der Waals surface area contributed by atoms with Crippen LogP contribution >= 0.6 is 15.9 Å². The second-order valence-electron chi connectivity index (χ2n) is 5.52. The fourth-order valence-electron chi connectivity index (χ4n) is 2.67. The molecular formula is C16H20BrNO3. The summed E-state index contributed by atoms with van der Waals surface area (Å²) >= 11 is 3.30. The number of hydrogen-bond acceptors (Lipinski definition) is 3. The normalized spacial score (nSPS) is 21.6. The largest absolute Gasteiger partial charge is 0.483 e. The third-order valence-electron chi connectivity index (χ3n) is 3.92. The summed E-state index contributed by atoms with van der Waals surface area (Å²) in [4.78, 5) is 22.9. The second-order valence-corrected chi connectivity index (χ2v) is 6.44. The van der Waals surface area contributed by atoms with Gasteiger partial charge in [0.05, 0.1) is 5.56 Å². The second kappa shape index (κ2) is 7.59. The molecule has 1 aliphatic carbocycles. The first-order valence-corrected chi connectivity index (χ1v) is 8.06. The van der Waals surface area contributed by atoms with E-state index in [-0.39, 0.29) is 18.6 Å². The van der Waals surface area contributed by atoms with Gasteiger partial charge in [-0.15, -0.1) is 0 Å². The maximum absolute atomic E-state index is 12.0. The van der Waals surface area contributed by atoms with E-state index in [2.05, 4.69) is 28.2 Å². The van der Waals surface area contributed by atoms with Crippen molar-refractivity contribution in [2.24, 2.45) is 5.92 Å². The zero-order chi connectivity index (χ0) is 15.2. The van der Waals surface area contributed by atoms with Crippen LogP contribution in [0.2, 0.25) is 0 Å². The van der Waals surface area contributed by atoms with E-state index in [1.54, 1.807) is 18.2 Å². The molecule has 21 heavy (non-hydrogen) atoms. The Labute approximate surface area is 133 Å². The Kier molecular flexibility index (Phi) is 5.79. The highest BCUT2D eigenvalue weighted by atomic mass is 79.9. The van der Waals surface area contributed by atoms with Gasteiger partial charge >= 0.3 is 0 Å². The van der Waals surface area contributed by atoms with Gasteiger partial charge in [0.15, 0.2) is 12.9 Å². The topological polar surface area (TPSA) is 55.4 Å². The molecule has 0 radical (unpaired) electrons. The van der Waals surface area contributed by atoms with Crippen LogP contribution in [0.25, 0.3) is 0 Å². The van der Waals surface area contributed by atoms with Gasteiger partial charge < -0.3 is 10.1 Å². The number of nitrogens with one attached hydrogen (secondary N) is 1. The standard InChI is InChI=1S/C16H20BrNO3/c1-11-4-2-3-5-14(11)18-16(20)10-21-15-7-6-13(17)8-12(15)9-19/h6-9,11,14H,2-5,10H2,1H3,(H,18,20)/t11-,14+/m0/s1. The molecule has 0 heterocycles. The minimum atomic E-state index is -0.131. The van der Waals surface area contributed by atoms with Gasteiger partial charge in [0.1, 0.15) is 5.75 Å². The Morgan fingerprint density at radius 3 is 2.90 bits per heavy atom. The minimum absolute atomic E-state index is 0.0638. The molecule has 0 aliphatic heterocycles. The molecule has 1 fully saturated rings. The molecule has 0 unspecified atom stereocenters. The minimum Gasteiger partial charge on any atom is -0.483 e. The lowest BCUT2D eigenvalue weighted by molar-refractivity contribution is -0.124. The van der Waals surface area contributed by atoms with E-state index in [1.807, 2.05) is 0 Å². The lowest BCUT2D eigenvalue weighted by Gasteiger charge is -2.29. The molecule has 1 aromatic rings. The first kappa shape index (κ1) is 16.0. The molecule has 2 rings (SSSR count). The summed E-state index contributed by atoms with van der Waals surface area (Å²) in [5, 5.41) is 3.03. The molecule has 1 amide bonds. The van der Waals surface area contributed by atoms with E-state index in [0.29, 0.717) is 17.2 Å². The van der Waals surface area contributed by atoms with Crippen LogP contribution < -0.4 is 10.1 Å². The van der Waals surface area contributed by atoms with Crippen LogP contribution in [-0.2, 0) is 4.79 Å². The van der Waals surface area contributed by atoms with Crippen molar-refractivity contribution in [3.8, 4) is 5.75 Å². The molecule has 0 aromatic heterocycles. The predicted octanol–water partition coefficient (Wildman–Crippen LogP) is 3.34. The average molecular weight is 354 g/mol. The van der Waals surface area contributed by atoms with Crippen molar-refractivity contribution in [3.63, 3.8) is 0 Å². The Bertz CT molecular complexity index is 518. The van der Waals surface area contributed by atoms with Crippen LogP contribution in [0.15, 0.2) is 22.7 Å². The fraction of sp³-hybridized carbons (Fsp3) is 0.500. The number of carbonyl (C=O) groups is 2. The number of halogens is 1. The molecule has 1 saturated carbocycles. The summed E-state index contributed by atoms with van der Waals surface area (Å²) in [7, 11) is 0. The third-order valence-corrected chi connectivity index (χ3v) is 4.41. The van der Waals surface area contributed by atoms with Crippen molar-refractivity contribution in [1.82, 2.24) is 5.32 Å². The highest BCUT2D eigenvalue weighted by molar-refractivity contribution is 9.10. The molecule has 0 spiro atoms. The molecule has 1 N–H and O–H groups in total. The van der Waals surface area contributed by atoms with Crippen molar-refractivity contribution >= 4 is 28.1 Å². The van der Waals surface area contributed by atoms with E-state index in [9.17, 15) is 9.59 Å². The van der Waals surface area contributed by atoms with Gasteiger partial charge in [-0.05, 0) is 37.0 Å². The Balaban J connectivity index is 1.87. The van der Waals surface area contributed by atoms with Gasteiger partial charge in [0.2, 0.25) is 0 Å². The van der Waals surface area contributed by atoms with Crippen LogP contribution in [-0.4, -0.2) is 24.8 Å². The number of aldehydes is 1. The van der Waals surface area contributed by atoms with Crippen LogP contribution in [0.1, 0.15) is 43.0 Å². The quantitative estimate of drug-likeness (QED) is 0.826. The SMILES string of the molecule is C[C@H]1CCCC[C@H]1NC(=O)COc1ccc(Br)cc1C=O. The van der Waals surface area contributed by atoms with Crippen molar-refractivity contribution < 1.29 is 14.3 Å². The van der Waals surface area contributed by atoms with Crippen molar-refractivity contribution in [2.45, 2.75) is 38.6 Å². The van der Waals surface area contributed by atoms with Crippen LogP contribution in [0.5, 0.6) is 5.75 Å². The number of carbonyl (C=O) groups excluding carboxylic acids is 2. The summed E-state index contributed by atoms with van der Waals surface area (Å²) in [6, 6.07) is 5.38. The van der Waals surface area contributed by atoms with Gasteiger partial charge in [0, 0.05) is 10.5 Å². The first-order valence-electron chi connectivity index (χ1n) is 7.27. The number of amides is 1. The molecule has 0 saturated heterocycles. The molecular weight excluding hydrogens is 334 g/mol.